The zero-order valence-corrected chi connectivity index (χ0v) is 18.7. The van der Waals surface area contributed by atoms with Gasteiger partial charge in [-0.3, -0.25) is 5.10 Å². The highest BCUT2D eigenvalue weighted by molar-refractivity contribution is 6.00. The Hall–Kier alpha value is -3.87. The van der Waals surface area contributed by atoms with Crippen LogP contribution in [0.5, 0.6) is 0 Å². The standard InChI is InChI=1S/C25H28N6O/c1-15(16-8-6-5-7-9-16)27-24(32)28-18-12-10-17(11-13-18)19-14-20(25(2,3)4)29-23-21(19)22(26)30-31-23/h5-15H,1-4H3,(H2,27,28,32)(H3,26,29,30,31)/t15-/m0/s1. The van der Waals surface area contributed by atoms with Crippen molar-refractivity contribution in [3.63, 3.8) is 0 Å². The predicted octanol–water partition coefficient (Wildman–Crippen LogP) is 5.39. The molecule has 32 heavy (non-hydrogen) atoms. The van der Waals surface area contributed by atoms with Gasteiger partial charge in [-0.15, -0.1) is 0 Å². The number of nitrogens with one attached hydrogen (secondary N) is 3. The Morgan fingerprint density at radius 2 is 1.75 bits per heavy atom. The maximum atomic E-state index is 12.4. The minimum Gasteiger partial charge on any atom is -0.383 e. The molecule has 164 valence electrons. The van der Waals surface area contributed by atoms with Crippen molar-refractivity contribution in [3.8, 4) is 11.1 Å². The number of nitrogens with zero attached hydrogens (tertiary/aromatic N) is 2. The summed E-state index contributed by atoms with van der Waals surface area (Å²) in [6.45, 7) is 8.30. The van der Waals surface area contributed by atoms with Gasteiger partial charge in [-0.1, -0.05) is 63.2 Å². The van der Waals surface area contributed by atoms with Crippen LogP contribution >= 0.6 is 0 Å². The first kappa shape index (κ1) is 21.4. The molecule has 0 saturated carbocycles. The van der Waals surface area contributed by atoms with Gasteiger partial charge in [0.15, 0.2) is 5.65 Å². The zero-order valence-electron chi connectivity index (χ0n) is 18.7. The van der Waals surface area contributed by atoms with Gasteiger partial charge in [0.05, 0.1) is 11.4 Å². The molecular formula is C25H28N6O. The van der Waals surface area contributed by atoms with Crippen LogP contribution in [0.2, 0.25) is 0 Å². The number of carbonyl (C=O) groups is 1. The summed E-state index contributed by atoms with van der Waals surface area (Å²) in [4.78, 5) is 17.1. The SMILES string of the molecule is C[C@H](NC(=O)Nc1ccc(-c2cc(C(C)(C)C)nc3n[nH]c(N)c23)cc1)c1ccccc1. The zero-order chi connectivity index (χ0) is 22.9. The number of hydrogen-bond acceptors (Lipinski definition) is 4. The molecular weight excluding hydrogens is 400 g/mol. The van der Waals surface area contributed by atoms with E-state index in [0.29, 0.717) is 17.2 Å². The van der Waals surface area contributed by atoms with E-state index in [0.717, 1.165) is 27.8 Å². The summed E-state index contributed by atoms with van der Waals surface area (Å²) in [5, 5.41) is 13.7. The third kappa shape index (κ3) is 4.42. The number of benzene rings is 2. The number of pyridine rings is 1. The number of carbonyl (C=O) groups excluding carboxylic acids is 1. The van der Waals surface area contributed by atoms with Crippen molar-refractivity contribution in [2.45, 2.75) is 39.2 Å². The molecule has 7 heteroatoms. The van der Waals surface area contributed by atoms with E-state index in [1.807, 2.05) is 61.5 Å². The van der Waals surface area contributed by atoms with Crippen LogP contribution < -0.4 is 16.4 Å². The monoisotopic (exact) mass is 428 g/mol. The number of aromatic amines is 1. The van der Waals surface area contributed by atoms with E-state index in [4.69, 9.17) is 5.73 Å². The van der Waals surface area contributed by atoms with E-state index in [1.54, 1.807) is 0 Å². The molecule has 0 saturated heterocycles. The molecule has 0 fully saturated rings. The topological polar surface area (TPSA) is 109 Å². The van der Waals surface area contributed by atoms with Gasteiger partial charge in [0.1, 0.15) is 5.82 Å². The number of nitrogen functional groups attached to an aromatic ring is 1. The summed E-state index contributed by atoms with van der Waals surface area (Å²) in [5.74, 6) is 0.486. The third-order valence-electron chi connectivity index (χ3n) is 5.42. The van der Waals surface area contributed by atoms with Crippen molar-refractivity contribution in [1.82, 2.24) is 20.5 Å². The molecule has 0 bridgehead atoms. The van der Waals surface area contributed by atoms with Crippen LogP contribution in [-0.2, 0) is 5.41 Å². The highest BCUT2D eigenvalue weighted by atomic mass is 16.2. The lowest BCUT2D eigenvalue weighted by Crippen LogP contribution is -2.31. The number of fused-ring (bicyclic) bond motifs is 1. The lowest BCUT2D eigenvalue weighted by atomic mass is 9.89. The lowest BCUT2D eigenvalue weighted by Gasteiger charge is -2.19. The number of amides is 2. The highest BCUT2D eigenvalue weighted by Gasteiger charge is 2.21. The largest absolute Gasteiger partial charge is 0.383 e. The Labute approximate surface area is 187 Å². The summed E-state index contributed by atoms with van der Waals surface area (Å²) in [6, 6.07) is 19.2. The molecule has 2 aromatic heterocycles. The van der Waals surface area contributed by atoms with Crippen LogP contribution in [-0.4, -0.2) is 21.2 Å². The number of anilines is 2. The van der Waals surface area contributed by atoms with Crippen molar-refractivity contribution in [1.29, 1.82) is 0 Å². The molecule has 0 aliphatic carbocycles. The number of rotatable bonds is 4. The highest BCUT2D eigenvalue weighted by Crippen LogP contribution is 2.34. The van der Waals surface area contributed by atoms with E-state index in [9.17, 15) is 4.79 Å². The maximum absolute atomic E-state index is 12.4. The molecule has 2 heterocycles. The van der Waals surface area contributed by atoms with Crippen molar-refractivity contribution in [2.75, 3.05) is 11.1 Å². The van der Waals surface area contributed by atoms with Gasteiger partial charge in [0.25, 0.3) is 0 Å². The summed E-state index contributed by atoms with van der Waals surface area (Å²) in [7, 11) is 0. The first-order chi connectivity index (χ1) is 15.2. The smallest absolute Gasteiger partial charge is 0.319 e. The van der Waals surface area contributed by atoms with Crippen LogP contribution in [0.25, 0.3) is 22.2 Å². The maximum Gasteiger partial charge on any atom is 0.319 e. The number of H-pyrrole nitrogens is 1. The molecule has 0 radical (unpaired) electrons. The van der Waals surface area contributed by atoms with Crippen LogP contribution in [0, 0.1) is 0 Å². The molecule has 5 N–H and O–H groups in total. The minimum atomic E-state index is -0.255. The van der Waals surface area contributed by atoms with Gasteiger partial charge in [0.2, 0.25) is 0 Å². The Kier molecular flexibility index (Phi) is 5.57. The van der Waals surface area contributed by atoms with Crippen molar-refractivity contribution >= 4 is 28.6 Å². The fourth-order valence-corrected chi connectivity index (χ4v) is 3.58. The van der Waals surface area contributed by atoms with Gasteiger partial charge in [0, 0.05) is 16.8 Å². The molecule has 0 aliphatic rings. The molecule has 4 aromatic rings. The minimum absolute atomic E-state index is 0.0968. The molecule has 1 atom stereocenters. The van der Waals surface area contributed by atoms with E-state index >= 15 is 0 Å². The second-order valence-electron chi connectivity index (χ2n) is 8.95. The fourth-order valence-electron chi connectivity index (χ4n) is 3.58. The first-order valence-corrected chi connectivity index (χ1v) is 10.6. The average Bonchev–Trinajstić information content (AvgIpc) is 3.14. The summed E-state index contributed by atoms with van der Waals surface area (Å²) in [6.07, 6.45) is 0. The van der Waals surface area contributed by atoms with Crippen LogP contribution in [0.3, 0.4) is 0 Å². The van der Waals surface area contributed by atoms with Crippen LogP contribution in [0.15, 0.2) is 60.7 Å². The average molecular weight is 429 g/mol. The normalized spacial score (nSPS) is 12.5. The molecule has 2 aromatic carbocycles. The summed E-state index contributed by atoms with van der Waals surface area (Å²) in [5.41, 5.74) is 11.2. The molecule has 0 spiro atoms. The van der Waals surface area contributed by atoms with Gasteiger partial charge < -0.3 is 16.4 Å². The van der Waals surface area contributed by atoms with E-state index in [-0.39, 0.29) is 17.5 Å². The van der Waals surface area contributed by atoms with Gasteiger partial charge in [-0.05, 0) is 41.8 Å². The number of urea groups is 1. The predicted molar refractivity (Wildman–Crippen MR) is 129 cm³/mol. The fraction of sp³-hybridized carbons (Fsp3) is 0.240. The Morgan fingerprint density at radius 1 is 1.06 bits per heavy atom. The van der Waals surface area contributed by atoms with E-state index in [2.05, 4.69) is 52.7 Å². The Balaban J connectivity index is 1.56. The molecule has 2 amide bonds. The van der Waals surface area contributed by atoms with Crippen molar-refractivity contribution in [2.24, 2.45) is 0 Å². The van der Waals surface area contributed by atoms with E-state index in [1.165, 1.54) is 0 Å². The summed E-state index contributed by atoms with van der Waals surface area (Å²) >= 11 is 0. The number of nitrogens with two attached hydrogens (primary N) is 1. The Morgan fingerprint density at radius 3 is 2.41 bits per heavy atom. The van der Waals surface area contributed by atoms with Gasteiger partial charge in [-0.25, -0.2) is 9.78 Å². The number of aromatic nitrogens is 3. The first-order valence-electron chi connectivity index (χ1n) is 10.6. The Bertz CT molecular complexity index is 1240. The molecule has 7 nitrogen and oxygen atoms in total. The van der Waals surface area contributed by atoms with Gasteiger partial charge in [-0.2, -0.15) is 5.10 Å². The van der Waals surface area contributed by atoms with Crippen LogP contribution in [0.4, 0.5) is 16.3 Å². The second kappa shape index (κ2) is 8.34. The third-order valence-corrected chi connectivity index (χ3v) is 5.42. The lowest BCUT2D eigenvalue weighted by molar-refractivity contribution is 0.249. The second-order valence-corrected chi connectivity index (χ2v) is 8.95. The van der Waals surface area contributed by atoms with Crippen molar-refractivity contribution in [3.05, 3.63) is 71.9 Å². The molecule has 4 rings (SSSR count). The van der Waals surface area contributed by atoms with Gasteiger partial charge >= 0.3 is 6.03 Å². The van der Waals surface area contributed by atoms with Crippen molar-refractivity contribution < 1.29 is 4.79 Å². The molecule has 0 unspecified atom stereocenters. The van der Waals surface area contributed by atoms with E-state index < -0.39 is 0 Å². The molecule has 0 aliphatic heterocycles. The van der Waals surface area contributed by atoms with Crippen LogP contribution in [0.1, 0.15) is 45.0 Å². The summed E-state index contributed by atoms with van der Waals surface area (Å²) < 4.78 is 0. The number of hydrogen-bond donors (Lipinski definition) is 4. The quantitative estimate of drug-likeness (QED) is 0.349.